The van der Waals surface area contributed by atoms with Crippen LogP contribution in [0.15, 0.2) is 83.8 Å². The number of sulfonamides is 1. The van der Waals surface area contributed by atoms with Crippen molar-refractivity contribution in [1.29, 1.82) is 0 Å². The number of anilines is 1. The highest BCUT2D eigenvalue weighted by Crippen LogP contribution is 2.24. The first kappa shape index (κ1) is 23.3. The summed E-state index contributed by atoms with van der Waals surface area (Å²) in [7, 11) is -3.90. The second-order valence-corrected chi connectivity index (χ2v) is 9.22. The van der Waals surface area contributed by atoms with Gasteiger partial charge in [-0.05, 0) is 60.9 Å². The van der Waals surface area contributed by atoms with Crippen molar-refractivity contribution in [2.75, 3.05) is 24.0 Å². The maximum atomic E-state index is 13.3. The van der Waals surface area contributed by atoms with E-state index in [1.165, 1.54) is 17.7 Å². The Bertz CT molecular complexity index is 1130. The molecule has 0 aromatic heterocycles. The van der Waals surface area contributed by atoms with Crippen molar-refractivity contribution in [2.45, 2.75) is 25.2 Å². The molecular weight excluding hydrogens is 424 g/mol. The minimum Gasteiger partial charge on any atom is -0.492 e. The van der Waals surface area contributed by atoms with Crippen LogP contribution in [0.3, 0.4) is 0 Å². The molecule has 3 aromatic carbocycles. The molecule has 0 fully saturated rings. The fourth-order valence-corrected chi connectivity index (χ4v) is 4.62. The molecule has 0 radical (unpaired) electrons. The summed E-state index contributed by atoms with van der Waals surface area (Å²) in [5.74, 6) is 0.320. The summed E-state index contributed by atoms with van der Waals surface area (Å²) in [6, 6.07) is 23.0. The zero-order valence-corrected chi connectivity index (χ0v) is 19.1. The summed E-state index contributed by atoms with van der Waals surface area (Å²) in [5, 5.41) is 2.74. The molecule has 1 N–H and O–H groups in total. The molecule has 0 atom stereocenters. The molecule has 3 aromatic rings. The van der Waals surface area contributed by atoms with Crippen molar-refractivity contribution < 1.29 is 17.9 Å². The highest BCUT2D eigenvalue weighted by molar-refractivity contribution is 7.92. The monoisotopic (exact) mass is 452 g/mol. The van der Waals surface area contributed by atoms with Crippen molar-refractivity contribution in [3.8, 4) is 5.75 Å². The first-order valence-corrected chi connectivity index (χ1v) is 12.0. The van der Waals surface area contributed by atoms with Crippen LogP contribution in [0.1, 0.15) is 18.1 Å². The van der Waals surface area contributed by atoms with E-state index in [2.05, 4.69) is 12.2 Å². The average molecular weight is 453 g/mol. The Hall–Kier alpha value is -3.32. The minimum atomic E-state index is -3.90. The zero-order valence-electron chi connectivity index (χ0n) is 18.3. The fraction of sp³-hybridized carbons (Fsp3) is 0.240. The van der Waals surface area contributed by atoms with Gasteiger partial charge in [0.1, 0.15) is 18.9 Å². The number of ether oxygens (including phenoxy) is 1. The number of carbonyl (C=O) groups is 1. The van der Waals surface area contributed by atoms with Gasteiger partial charge in [-0.1, -0.05) is 49.4 Å². The van der Waals surface area contributed by atoms with Crippen LogP contribution in [-0.4, -0.2) is 34.0 Å². The Kier molecular flexibility index (Phi) is 7.89. The summed E-state index contributed by atoms with van der Waals surface area (Å²) in [6.07, 6.45) is 0.958. The van der Waals surface area contributed by atoms with Gasteiger partial charge in [0, 0.05) is 0 Å². The number of nitrogens with zero attached hydrogens (tertiary/aromatic N) is 1. The summed E-state index contributed by atoms with van der Waals surface area (Å²) in [4.78, 5) is 12.7. The van der Waals surface area contributed by atoms with Gasteiger partial charge in [-0.2, -0.15) is 0 Å². The van der Waals surface area contributed by atoms with Crippen molar-refractivity contribution in [1.82, 2.24) is 5.32 Å². The lowest BCUT2D eigenvalue weighted by atomic mass is 10.2. The Balaban J connectivity index is 1.66. The Labute approximate surface area is 189 Å². The van der Waals surface area contributed by atoms with E-state index >= 15 is 0 Å². The van der Waals surface area contributed by atoms with E-state index in [0.29, 0.717) is 5.69 Å². The predicted octanol–water partition coefficient (Wildman–Crippen LogP) is 3.95. The van der Waals surface area contributed by atoms with E-state index in [1.807, 2.05) is 37.3 Å². The van der Waals surface area contributed by atoms with Gasteiger partial charge >= 0.3 is 0 Å². The van der Waals surface area contributed by atoms with Gasteiger partial charge < -0.3 is 10.1 Å². The molecule has 0 spiro atoms. The van der Waals surface area contributed by atoms with E-state index < -0.39 is 15.9 Å². The van der Waals surface area contributed by atoms with Crippen molar-refractivity contribution in [2.24, 2.45) is 0 Å². The van der Waals surface area contributed by atoms with Crippen LogP contribution in [0.2, 0.25) is 0 Å². The number of benzene rings is 3. The smallest absolute Gasteiger partial charge is 0.264 e. The van der Waals surface area contributed by atoms with E-state index in [0.717, 1.165) is 22.0 Å². The number of hydrogen-bond donors (Lipinski definition) is 1. The quantitative estimate of drug-likeness (QED) is 0.473. The molecule has 0 bridgehead atoms. The number of rotatable bonds is 10. The minimum absolute atomic E-state index is 0.133. The van der Waals surface area contributed by atoms with Crippen LogP contribution < -0.4 is 14.4 Å². The van der Waals surface area contributed by atoms with Crippen LogP contribution in [0.4, 0.5) is 5.69 Å². The molecule has 6 nitrogen and oxygen atoms in total. The van der Waals surface area contributed by atoms with Crippen molar-refractivity contribution in [3.63, 3.8) is 0 Å². The largest absolute Gasteiger partial charge is 0.492 e. The molecule has 7 heteroatoms. The topological polar surface area (TPSA) is 75.7 Å². The highest BCUT2D eigenvalue weighted by Gasteiger charge is 2.27. The molecule has 168 valence electrons. The number of amides is 1. The van der Waals surface area contributed by atoms with Gasteiger partial charge in [0.15, 0.2) is 0 Å². The maximum Gasteiger partial charge on any atom is 0.264 e. The summed E-state index contributed by atoms with van der Waals surface area (Å²) < 4.78 is 33.3. The first-order valence-electron chi connectivity index (χ1n) is 10.5. The van der Waals surface area contributed by atoms with Crippen LogP contribution in [0.25, 0.3) is 0 Å². The van der Waals surface area contributed by atoms with E-state index in [9.17, 15) is 13.2 Å². The number of carbonyl (C=O) groups excluding carboxylic acids is 1. The Morgan fingerprint density at radius 2 is 1.69 bits per heavy atom. The van der Waals surface area contributed by atoms with Gasteiger partial charge in [-0.25, -0.2) is 8.42 Å². The normalized spacial score (nSPS) is 11.1. The maximum absolute atomic E-state index is 13.3. The van der Waals surface area contributed by atoms with Crippen LogP contribution >= 0.6 is 0 Å². The molecule has 0 aliphatic heterocycles. The average Bonchev–Trinajstić information content (AvgIpc) is 2.81. The molecule has 0 heterocycles. The second-order valence-electron chi connectivity index (χ2n) is 7.36. The highest BCUT2D eigenvalue weighted by atomic mass is 32.2. The van der Waals surface area contributed by atoms with E-state index in [-0.39, 0.29) is 24.6 Å². The van der Waals surface area contributed by atoms with E-state index in [1.54, 1.807) is 36.4 Å². The van der Waals surface area contributed by atoms with Gasteiger partial charge in [0.05, 0.1) is 17.1 Å². The number of aryl methyl sites for hydroxylation is 2. The summed E-state index contributed by atoms with van der Waals surface area (Å²) in [6.45, 7) is 4.19. The molecule has 0 aliphatic rings. The third-order valence-corrected chi connectivity index (χ3v) is 6.72. The molecule has 0 saturated carbocycles. The number of hydrogen-bond acceptors (Lipinski definition) is 4. The van der Waals surface area contributed by atoms with Crippen LogP contribution in [0, 0.1) is 6.92 Å². The standard InChI is InChI=1S/C25H28N2O4S/c1-3-21-12-14-23(15-13-21)31-17-16-26-25(28)19-27(22-9-7-8-20(2)18-22)32(29,30)24-10-5-4-6-11-24/h4-15,18H,3,16-17,19H2,1-2H3,(H,26,28). The van der Waals surface area contributed by atoms with Gasteiger partial charge in [0.25, 0.3) is 10.0 Å². The molecule has 0 saturated heterocycles. The Morgan fingerprint density at radius 1 is 0.969 bits per heavy atom. The van der Waals surface area contributed by atoms with Gasteiger partial charge in [0.2, 0.25) is 5.91 Å². The van der Waals surface area contributed by atoms with Crippen LogP contribution in [-0.2, 0) is 21.2 Å². The lowest BCUT2D eigenvalue weighted by molar-refractivity contribution is -0.119. The number of nitrogens with one attached hydrogen (secondary N) is 1. The lowest BCUT2D eigenvalue weighted by Crippen LogP contribution is -2.42. The Morgan fingerprint density at radius 3 is 2.34 bits per heavy atom. The van der Waals surface area contributed by atoms with Gasteiger partial charge in [-0.15, -0.1) is 0 Å². The second kappa shape index (κ2) is 10.8. The van der Waals surface area contributed by atoms with Gasteiger partial charge in [-0.3, -0.25) is 9.10 Å². The van der Waals surface area contributed by atoms with E-state index in [4.69, 9.17) is 4.74 Å². The molecule has 32 heavy (non-hydrogen) atoms. The molecule has 3 rings (SSSR count). The molecule has 1 amide bonds. The van der Waals surface area contributed by atoms with Crippen molar-refractivity contribution in [3.05, 3.63) is 90.0 Å². The first-order chi connectivity index (χ1) is 15.4. The van der Waals surface area contributed by atoms with Crippen LogP contribution in [0.5, 0.6) is 5.75 Å². The third kappa shape index (κ3) is 6.11. The van der Waals surface area contributed by atoms with Crippen molar-refractivity contribution >= 4 is 21.6 Å². The lowest BCUT2D eigenvalue weighted by Gasteiger charge is -2.24. The zero-order chi connectivity index (χ0) is 23.0. The predicted molar refractivity (Wildman–Crippen MR) is 126 cm³/mol. The molecule has 0 unspecified atom stereocenters. The summed E-state index contributed by atoms with van der Waals surface area (Å²) in [5.41, 5.74) is 2.57. The summed E-state index contributed by atoms with van der Waals surface area (Å²) >= 11 is 0. The third-order valence-electron chi connectivity index (χ3n) is 4.93. The molecule has 0 aliphatic carbocycles. The SMILES string of the molecule is CCc1ccc(OCCNC(=O)CN(c2cccc(C)c2)S(=O)(=O)c2ccccc2)cc1. The fourth-order valence-electron chi connectivity index (χ4n) is 3.18. The molecular formula is C25H28N2O4S.